The number of anilines is 1. The van der Waals surface area contributed by atoms with Crippen LogP contribution < -0.4 is 5.32 Å². The van der Waals surface area contributed by atoms with Gasteiger partial charge in [-0.25, -0.2) is 8.42 Å². The molecule has 2 heterocycles. The smallest absolute Gasteiger partial charge is 0.316 e. The number of carbonyl (C=O) groups is 2. The number of ether oxygens (including phenoxy) is 1. The molecule has 1 aliphatic rings. The van der Waals surface area contributed by atoms with E-state index in [1.807, 2.05) is 13.8 Å². The Labute approximate surface area is 198 Å². The zero-order valence-corrected chi connectivity index (χ0v) is 20.7. The van der Waals surface area contributed by atoms with Gasteiger partial charge in [0.05, 0.1) is 16.3 Å². The van der Waals surface area contributed by atoms with Gasteiger partial charge in [-0.05, 0) is 51.3 Å². The van der Waals surface area contributed by atoms with Crippen LogP contribution in [0.15, 0.2) is 27.6 Å². The molecule has 0 bridgehead atoms. The van der Waals surface area contributed by atoms with Crippen LogP contribution in [0.1, 0.15) is 41.8 Å². The molecule has 0 atom stereocenters. The lowest BCUT2D eigenvalue weighted by molar-refractivity contribution is -0.144. The maximum atomic E-state index is 12.9. The first-order valence-corrected chi connectivity index (χ1v) is 13.3. The topological polar surface area (TPSA) is 119 Å². The summed E-state index contributed by atoms with van der Waals surface area (Å²) in [6, 6.07) is 4.66. The molecule has 180 valence electrons. The van der Waals surface area contributed by atoms with Crippen LogP contribution in [0.2, 0.25) is 0 Å². The number of carbonyl (C=O) groups excluding carboxylic acids is 2. The maximum Gasteiger partial charge on any atom is 0.316 e. The number of rotatable bonds is 9. The minimum Gasteiger partial charge on any atom is -0.455 e. The van der Waals surface area contributed by atoms with E-state index in [1.54, 1.807) is 19.1 Å². The molecule has 2 aromatic rings. The number of aromatic nitrogens is 1. The monoisotopic (exact) mass is 495 g/mol. The van der Waals surface area contributed by atoms with Crippen LogP contribution in [-0.4, -0.2) is 55.2 Å². The second-order valence-corrected chi connectivity index (χ2v) is 10.9. The number of sulfonamides is 1. The Morgan fingerprint density at radius 3 is 2.58 bits per heavy atom. The van der Waals surface area contributed by atoms with Crippen molar-refractivity contribution >= 4 is 39.3 Å². The van der Waals surface area contributed by atoms with Gasteiger partial charge in [0.1, 0.15) is 5.76 Å². The van der Waals surface area contributed by atoms with Gasteiger partial charge in [-0.3, -0.25) is 9.59 Å². The van der Waals surface area contributed by atoms with E-state index in [2.05, 4.69) is 10.5 Å². The summed E-state index contributed by atoms with van der Waals surface area (Å²) in [5.74, 6) is 0.308. The molecule has 1 fully saturated rings. The molecule has 1 aromatic heterocycles. The number of piperidine rings is 1. The fraction of sp³-hybridized carbons (Fsp3) is 0.500. The summed E-state index contributed by atoms with van der Waals surface area (Å²) in [5.41, 5.74) is 2.82. The third kappa shape index (κ3) is 6.58. The molecule has 1 aromatic carbocycles. The highest BCUT2D eigenvalue weighted by Crippen LogP contribution is 2.25. The highest BCUT2D eigenvalue weighted by atomic mass is 32.2. The highest BCUT2D eigenvalue weighted by molar-refractivity contribution is 7.99. The lowest BCUT2D eigenvalue weighted by atomic mass is 10.2. The van der Waals surface area contributed by atoms with Crippen molar-refractivity contribution in [3.63, 3.8) is 0 Å². The van der Waals surface area contributed by atoms with E-state index < -0.39 is 28.5 Å². The molecule has 3 rings (SSSR count). The first-order valence-electron chi connectivity index (χ1n) is 10.7. The number of hydrogen-bond donors (Lipinski definition) is 1. The Bertz CT molecular complexity index is 1090. The van der Waals surface area contributed by atoms with Gasteiger partial charge in [0.25, 0.3) is 5.91 Å². The Kier molecular flexibility index (Phi) is 8.55. The summed E-state index contributed by atoms with van der Waals surface area (Å²) in [7, 11) is -3.62. The van der Waals surface area contributed by atoms with Gasteiger partial charge in [0, 0.05) is 30.1 Å². The van der Waals surface area contributed by atoms with Crippen LogP contribution in [-0.2, 0) is 30.1 Å². The third-order valence-corrected chi connectivity index (χ3v) is 8.27. The summed E-state index contributed by atoms with van der Waals surface area (Å²) >= 11 is 1.35. The SMILES string of the molecule is Cc1ccc(S(=O)(=O)N2CCCCC2)cc1NC(=O)COC(=O)CSCc1c(C)noc1C. The number of esters is 1. The molecule has 1 saturated heterocycles. The third-order valence-electron chi connectivity index (χ3n) is 5.45. The largest absolute Gasteiger partial charge is 0.455 e. The molecular formula is C22H29N3O6S2. The van der Waals surface area contributed by atoms with Crippen molar-refractivity contribution in [2.75, 3.05) is 30.8 Å². The van der Waals surface area contributed by atoms with Gasteiger partial charge in [-0.1, -0.05) is 17.6 Å². The van der Waals surface area contributed by atoms with Crippen molar-refractivity contribution in [2.24, 2.45) is 0 Å². The molecule has 11 heteroatoms. The van der Waals surface area contributed by atoms with E-state index in [4.69, 9.17) is 9.26 Å². The van der Waals surface area contributed by atoms with E-state index in [-0.39, 0.29) is 10.6 Å². The standard InChI is InChI=1S/C22H29N3O6S2/c1-15-7-8-18(33(28,29)25-9-5-4-6-10-25)11-20(15)23-21(26)12-30-22(27)14-32-13-19-16(2)24-31-17(19)3/h7-8,11H,4-6,9-10,12-14H2,1-3H3,(H,23,26). The predicted octanol–water partition coefficient (Wildman–Crippen LogP) is 3.19. The number of nitrogens with one attached hydrogen (secondary N) is 1. The van der Waals surface area contributed by atoms with Crippen LogP contribution in [0.5, 0.6) is 0 Å². The summed E-state index contributed by atoms with van der Waals surface area (Å²) < 4.78 is 37.4. The molecule has 33 heavy (non-hydrogen) atoms. The Morgan fingerprint density at radius 1 is 1.18 bits per heavy atom. The predicted molar refractivity (Wildman–Crippen MR) is 126 cm³/mol. The van der Waals surface area contributed by atoms with E-state index in [0.717, 1.165) is 30.5 Å². The van der Waals surface area contributed by atoms with Gasteiger partial charge >= 0.3 is 5.97 Å². The number of thioether (sulfide) groups is 1. The van der Waals surface area contributed by atoms with Crippen molar-refractivity contribution < 1.29 is 27.3 Å². The van der Waals surface area contributed by atoms with Crippen molar-refractivity contribution in [1.82, 2.24) is 9.46 Å². The summed E-state index contributed by atoms with van der Waals surface area (Å²) in [4.78, 5) is 24.4. The average Bonchev–Trinajstić information content (AvgIpc) is 3.12. The fourth-order valence-electron chi connectivity index (χ4n) is 3.47. The van der Waals surface area contributed by atoms with Crippen molar-refractivity contribution in [3.05, 3.63) is 40.8 Å². The van der Waals surface area contributed by atoms with Gasteiger partial charge in [-0.15, -0.1) is 11.8 Å². The molecule has 1 amide bonds. The quantitative estimate of drug-likeness (QED) is 0.527. The van der Waals surface area contributed by atoms with Gasteiger partial charge in [0.15, 0.2) is 6.61 Å². The van der Waals surface area contributed by atoms with Gasteiger partial charge in [0.2, 0.25) is 10.0 Å². The zero-order valence-electron chi connectivity index (χ0n) is 19.0. The fourth-order valence-corrected chi connectivity index (χ4v) is 5.98. The number of benzene rings is 1. The van der Waals surface area contributed by atoms with Gasteiger partial charge < -0.3 is 14.6 Å². The number of nitrogens with zero attached hydrogens (tertiary/aromatic N) is 2. The molecule has 1 N–H and O–H groups in total. The lowest BCUT2D eigenvalue weighted by Crippen LogP contribution is -2.35. The van der Waals surface area contributed by atoms with Crippen LogP contribution in [0, 0.1) is 20.8 Å². The van der Waals surface area contributed by atoms with Crippen LogP contribution in [0.4, 0.5) is 5.69 Å². The molecule has 0 saturated carbocycles. The molecular weight excluding hydrogens is 466 g/mol. The van der Waals surface area contributed by atoms with E-state index in [0.29, 0.717) is 35.9 Å². The van der Waals surface area contributed by atoms with Crippen molar-refractivity contribution in [1.29, 1.82) is 0 Å². The Morgan fingerprint density at radius 2 is 1.91 bits per heavy atom. The first kappa shape index (κ1) is 25.3. The van der Waals surface area contributed by atoms with E-state index in [1.165, 1.54) is 22.1 Å². The Balaban J connectivity index is 1.51. The van der Waals surface area contributed by atoms with Crippen LogP contribution >= 0.6 is 11.8 Å². The molecule has 0 radical (unpaired) electrons. The molecule has 9 nitrogen and oxygen atoms in total. The Hall–Kier alpha value is -2.37. The second kappa shape index (κ2) is 11.2. The second-order valence-electron chi connectivity index (χ2n) is 7.95. The summed E-state index contributed by atoms with van der Waals surface area (Å²) in [6.45, 7) is 5.97. The van der Waals surface area contributed by atoms with Crippen LogP contribution in [0.3, 0.4) is 0 Å². The first-order chi connectivity index (χ1) is 15.7. The minimum atomic E-state index is -3.62. The molecule has 0 aliphatic carbocycles. The van der Waals surface area contributed by atoms with Crippen molar-refractivity contribution in [2.45, 2.75) is 50.7 Å². The zero-order chi connectivity index (χ0) is 24.0. The van der Waals surface area contributed by atoms with E-state index in [9.17, 15) is 18.0 Å². The van der Waals surface area contributed by atoms with E-state index >= 15 is 0 Å². The minimum absolute atomic E-state index is 0.0833. The van der Waals surface area contributed by atoms with Crippen molar-refractivity contribution in [3.8, 4) is 0 Å². The normalized spacial score (nSPS) is 14.8. The molecule has 1 aliphatic heterocycles. The average molecular weight is 496 g/mol. The summed E-state index contributed by atoms with van der Waals surface area (Å²) in [6.07, 6.45) is 2.71. The highest BCUT2D eigenvalue weighted by Gasteiger charge is 2.26. The number of amides is 1. The number of hydrogen-bond acceptors (Lipinski definition) is 8. The lowest BCUT2D eigenvalue weighted by Gasteiger charge is -2.26. The molecule has 0 unspecified atom stereocenters. The number of aryl methyl sites for hydroxylation is 3. The maximum absolute atomic E-state index is 12.9. The van der Waals surface area contributed by atoms with Gasteiger partial charge in [-0.2, -0.15) is 4.31 Å². The van der Waals surface area contributed by atoms with Crippen LogP contribution in [0.25, 0.3) is 0 Å². The summed E-state index contributed by atoms with van der Waals surface area (Å²) in [5, 5.41) is 6.52. The molecule has 0 spiro atoms.